The summed E-state index contributed by atoms with van der Waals surface area (Å²) >= 11 is 0. The van der Waals surface area contributed by atoms with Crippen LogP contribution in [0.2, 0.25) is 0 Å². The van der Waals surface area contributed by atoms with Crippen LogP contribution in [-0.4, -0.2) is 40.6 Å². The van der Waals surface area contributed by atoms with Crippen LogP contribution in [0.25, 0.3) is 11.3 Å². The van der Waals surface area contributed by atoms with Gasteiger partial charge in [-0.05, 0) is 75.0 Å². The molecule has 8 nitrogen and oxygen atoms in total. The van der Waals surface area contributed by atoms with Crippen molar-refractivity contribution in [1.82, 2.24) is 20.3 Å². The predicted molar refractivity (Wildman–Crippen MR) is 128 cm³/mol. The number of aromatic nitrogens is 3. The topological polar surface area (TPSA) is 109 Å². The largest absolute Gasteiger partial charge is 0.494 e. The highest BCUT2D eigenvalue weighted by Gasteiger charge is 2.14. The number of rotatable bonds is 8. The van der Waals surface area contributed by atoms with Crippen molar-refractivity contribution in [2.75, 3.05) is 25.0 Å². The quantitative estimate of drug-likeness (QED) is 0.488. The van der Waals surface area contributed by atoms with Crippen molar-refractivity contribution >= 4 is 11.6 Å². The van der Waals surface area contributed by atoms with Gasteiger partial charge in [0.25, 0.3) is 11.5 Å². The molecule has 0 bridgehead atoms. The van der Waals surface area contributed by atoms with Gasteiger partial charge >= 0.3 is 0 Å². The predicted octanol–water partition coefficient (Wildman–Crippen LogP) is 3.42. The van der Waals surface area contributed by atoms with Gasteiger partial charge in [-0.15, -0.1) is 0 Å². The summed E-state index contributed by atoms with van der Waals surface area (Å²) in [6, 6.07) is 8.57. The lowest BCUT2D eigenvalue weighted by molar-refractivity contribution is 0.102. The van der Waals surface area contributed by atoms with E-state index in [9.17, 15) is 9.59 Å². The zero-order valence-electron chi connectivity index (χ0n) is 18.8. The van der Waals surface area contributed by atoms with E-state index in [0.717, 1.165) is 37.4 Å². The first kappa shape index (κ1) is 22.7. The lowest BCUT2D eigenvalue weighted by Crippen LogP contribution is -2.28. The Morgan fingerprint density at radius 3 is 2.73 bits per heavy atom. The van der Waals surface area contributed by atoms with Crippen molar-refractivity contribution < 1.29 is 9.53 Å². The minimum absolute atomic E-state index is 0.156. The minimum atomic E-state index is -0.385. The third-order valence-corrected chi connectivity index (χ3v) is 5.86. The van der Waals surface area contributed by atoms with E-state index in [1.54, 1.807) is 48.9 Å². The van der Waals surface area contributed by atoms with E-state index in [-0.39, 0.29) is 17.2 Å². The summed E-state index contributed by atoms with van der Waals surface area (Å²) in [5.41, 5.74) is 2.37. The summed E-state index contributed by atoms with van der Waals surface area (Å²) < 4.78 is 5.84. The Kier molecular flexibility index (Phi) is 7.47. The molecule has 1 fully saturated rings. The second-order valence-corrected chi connectivity index (χ2v) is 8.19. The molecule has 172 valence electrons. The average molecular weight is 448 g/mol. The number of nitrogens with zero attached hydrogens (tertiary/aromatic N) is 2. The lowest BCUT2D eigenvalue weighted by atomic mass is 9.95. The number of hydrogen-bond acceptors (Lipinski definition) is 6. The SMILES string of the molecule is CCc1cncc(-c2c[nH]c(=O)c(NC(=O)c3ccc(OCCC4CCNCC4)cc3)c2)n1. The number of hydrogen-bond donors (Lipinski definition) is 3. The summed E-state index contributed by atoms with van der Waals surface area (Å²) in [4.78, 5) is 36.3. The number of anilines is 1. The van der Waals surface area contributed by atoms with Crippen molar-refractivity contribution in [2.24, 2.45) is 5.92 Å². The first-order valence-electron chi connectivity index (χ1n) is 11.4. The molecule has 1 aliphatic rings. The van der Waals surface area contributed by atoms with Crippen LogP contribution in [0.1, 0.15) is 42.2 Å². The van der Waals surface area contributed by atoms with E-state index in [0.29, 0.717) is 29.3 Å². The number of nitrogens with one attached hydrogen (secondary N) is 3. The molecule has 0 radical (unpaired) electrons. The van der Waals surface area contributed by atoms with Crippen LogP contribution in [-0.2, 0) is 6.42 Å². The third-order valence-electron chi connectivity index (χ3n) is 5.86. The molecule has 33 heavy (non-hydrogen) atoms. The standard InChI is InChI=1S/C25H29N5O3/c1-2-20-15-27-16-23(29-20)19-13-22(25(32)28-14-19)30-24(31)18-3-5-21(6-4-18)33-12-9-17-7-10-26-11-8-17/h3-6,13-17,26H,2,7-12H2,1H3,(H,28,32)(H,30,31). The zero-order chi connectivity index (χ0) is 23.0. The summed E-state index contributed by atoms with van der Waals surface area (Å²) in [5.74, 6) is 1.07. The fourth-order valence-electron chi connectivity index (χ4n) is 3.85. The highest BCUT2D eigenvalue weighted by Crippen LogP contribution is 2.20. The molecule has 0 spiro atoms. The highest BCUT2D eigenvalue weighted by molar-refractivity contribution is 6.04. The van der Waals surface area contributed by atoms with Gasteiger partial charge in [-0.2, -0.15) is 0 Å². The van der Waals surface area contributed by atoms with Crippen LogP contribution >= 0.6 is 0 Å². The molecular weight excluding hydrogens is 418 g/mol. The summed E-state index contributed by atoms with van der Waals surface area (Å²) in [6.45, 7) is 4.83. The number of piperidine rings is 1. The zero-order valence-corrected chi connectivity index (χ0v) is 18.8. The Labute approximate surface area is 192 Å². The molecule has 3 heterocycles. The average Bonchev–Trinajstić information content (AvgIpc) is 2.86. The maximum absolute atomic E-state index is 12.7. The van der Waals surface area contributed by atoms with Crippen LogP contribution in [0.5, 0.6) is 5.75 Å². The van der Waals surface area contributed by atoms with Crippen molar-refractivity contribution in [3.05, 3.63) is 70.5 Å². The Morgan fingerprint density at radius 2 is 1.97 bits per heavy atom. The molecule has 0 saturated carbocycles. The van der Waals surface area contributed by atoms with Crippen LogP contribution in [0.4, 0.5) is 5.69 Å². The number of carbonyl (C=O) groups is 1. The second-order valence-electron chi connectivity index (χ2n) is 8.19. The fourth-order valence-corrected chi connectivity index (χ4v) is 3.85. The molecule has 3 aromatic rings. The van der Waals surface area contributed by atoms with Gasteiger partial charge in [-0.1, -0.05) is 6.92 Å². The van der Waals surface area contributed by atoms with Gasteiger partial charge in [-0.3, -0.25) is 14.6 Å². The number of pyridine rings is 1. The minimum Gasteiger partial charge on any atom is -0.494 e. The summed E-state index contributed by atoms with van der Waals surface area (Å²) in [6.07, 6.45) is 9.08. The van der Waals surface area contributed by atoms with E-state index < -0.39 is 0 Å². The molecule has 8 heteroatoms. The molecule has 0 unspecified atom stereocenters. The van der Waals surface area contributed by atoms with Crippen LogP contribution in [0, 0.1) is 5.92 Å². The molecular formula is C25H29N5O3. The lowest BCUT2D eigenvalue weighted by Gasteiger charge is -2.22. The maximum Gasteiger partial charge on any atom is 0.271 e. The number of ether oxygens (including phenoxy) is 1. The number of aromatic amines is 1. The fraction of sp³-hybridized carbons (Fsp3) is 0.360. The first-order valence-corrected chi connectivity index (χ1v) is 11.4. The molecule has 0 atom stereocenters. The molecule has 1 aliphatic heterocycles. The number of aryl methyl sites for hydroxylation is 1. The smallest absolute Gasteiger partial charge is 0.271 e. The summed E-state index contributed by atoms with van der Waals surface area (Å²) in [5, 5.41) is 6.06. The Morgan fingerprint density at radius 1 is 1.18 bits per heavy atom. The monoisotopic (exact) mass is 447 g/mol. The molecule has 1 saturated heterocycles. The molecule has 3 N–H and O–H groups in total. The van der Waals surface area contributed by atoms with Crippen LogP contribution < -0.4 is 20.9 Å². The van der Waals surface area contributed by atoms with Gasteiger partial charge in [-0.25, -0.2) is 4.98 Å². The van der Waals surface area contributed by atoms with Gasteiger partial charge in [0.2, 0.25) is 0 Å². The molecule has 1 amide bonds. The van der Waals surface area contributed by atoms with Gasteiger partial charge in [0.15, 0.2) is 0 Å². The number of H-pyrrole nitrogens is 1. The second kappa shape index (κ2) is 10.9. The molecule has 1 aromatic carbocycles. The first-order chi connectivity index (χ1) is 16.1. The number of amides is 1. The van der Waals surface area contributed by atoms with Crippen molar-refractivity contribution in [2.45, 2.75) is 32.6 Å². The van der Waals surface area contributed by atoms with Crippen molar-refractivity contribution in [3.8, 4) is 17.0 Å². The Bertz CT molecular complexity index is 1140. The van der Waals surface area contributed by atoms with Gasteiger partial charge in [0.05, 0.1) is 24.2 Å². The number of benzene rings is 1. The van der Waals surface area contributed by atoms with Crippen LogP contribution in [0.15, 0.2) is 53.7 Å². The Balaban J connectivity index is 1.38. The molecule has 0 aliphatic carbocycles. The normalized spacial score (nSPS) is 14.1. The molecule has 2 aromatic heterocycles. The van der Waals surface area contributed by atoms with E-state index in [1.165, 1.54) is 12.8 Å². The Hall–Kier alpha value is -3.52. The van der Waals surface area contributed by atoms with E-state index >= 15 is 0 Å². The van der Waals surface area contributed by atoms with Gasteiger partial charge < -0.3 is 20.4 Å². The van der Waals surface area contributed by atoms with Gasteiger partial charge in [0, 0.05) is 23.5 Å². The van der Waals surface area contributed by atoms with Crippen molar-refractivity contribution in [1.29, 1.82) is 0 Å². The van der Waals surface area contributed by atoms with Crippen LogP contribution in [0.3, 0.4) is 0 Å². The van der Waals surface area contributed by atoms with Crippen molar-refractivity contribution in [3.63, 3.8) is 0 Å². The van der Waals surface area contributed by atoms with E-state index in [4.69, 9.17) is 4.74 Å². The molecule has 4 rings (SSSR count). The van der Waals surface area contributed by atoms with E-state index in [2.05, 4.69) is 25.6 Å². The van der Waals surface area contributed by atoms with Gasteiger partial charge in [0.1, 0.15) is 11.4 Å². The number of carbonyl (C=O) groups excluding carboxylic acids is 1. The maximum atomic E-state index is 12.7. The highest BCUT2D eigenvalue weighted by atomic mass is 16.5. The van der Waals surface area contributed by atoms with E-state index in [1.807, 2.05) is 6.92 Å². The third kappa shape index (κ3) is 6.04. The summed E-state index contributed by atoms with van der Waals surface area (Å²) in [7, 11) is 0.